The molecule has 1 N–H and O–H groups in total. The molecule has 0 fully saturated rings. The Kier molecular flexibility index (Phi) is 5.00. The van der Waals surface area contributed by atoms with Gasteiger partial charge in [-0.05, 0) is 42.3 Å². The van der Waals surface area contributed by atoms with Crippen LogP contribution in [0, 0.1) is 6.92 Å². The number of hydrogen-bond acceptors (Lipinski definition) is 4. The van der Waals surface area contributed by atoms with Gasteiger partial charge in [-0.1, -0.05) is 24.3 Å². The van der Waals surface area contributed by atoms with Gasteiger partial charge in [-0.2, -0.15) is 0 Å². The summed E-state index contributed by atoms with van der Waals surface area (Å²) in [5, 5.41) is 3.34. The maximum atomic E-state index is 12.6. The van der Waals surface area contributed by atoms with Crippen molar-refractivity contribution in [3.8, 4) is 0 Å². The number of carbonyl (C=O) groups is 2. The highest BCUT2D eigenvalue weighted by Gasteiger charge is 2.17. The van der Waals surface area contributed by atoms with E-state index in [0.717, 1.165) is 11.1 Å². The van der Waals surface area contributed by atoms with Gasteiger partial charge in [-0.15, -0.1) is 11.3 Å². The molecule has 0 aliphatic carbocycles. The van der Waals surface area contributed by atoms with Gasteiger partial charge in [0, 0.05) is 13.6 Å². The summed E-state index contributed by atoms with van der Waals surface area (Å²) >= 11 is 1.24. The van der Waals surface area contributed by atoms with Crippen LogP contribution in [-0.2, 0) is 6.54 Å². The van der Waals surface area contributed by atoms with E-state index in [4.69, 9.17) is 4.42 Å². The highest BCUT2D eigenvalue weighted by Crippen LogP contribution is 2.24. The van der Waals surface area contributed by atoms with Crippen LogP contribution in [-0.4, -0.2) is 23.8 Å². The maximum Gasteiger partial charge on any atom is 0.291 e. The number of hydrogen-bond donors (Lipinski definition) is 1. The molecule has 2 aromatic heterocycles. The Labute approximate surface area is 149 Å². The molecule has 6 heteroatoms. The van der Waals surface area contributed by atoms with Crippen LogP contribution in [0.1, 0.15) is 31.4 Å². The monoisotopic (exact) mass is 354 g/mol. The first-order valence-electron chi connectivity index (χ1n) is 7.79. The summed E-state index contributed by atoms with van der Waals surface area (Å²) in [4.78, 5) is 26.8. The third-order valence-electron chi connectivity index (χ3n) is 3.81. The van der Waals surface area contributed by atoms with Gasteiger partial charge in [0.05, 0.1) is 16.1 Å². The number of nitrogens with zero attached hydrogens (tertiary/aromatic N) is 1. The largest absolute Gasteiger partial charge is 0.459 e. The van der Waals surface area contributed by atoms with Gasteiger partial charge in [0.1, 0.15) is 0 Å². The quantitative estimate of drug-likeness (QED) is 0.748. The molecular weight excluding hydrogens is 336 g/mol. The average molecular weight is 354 g/mol. The molecule has 2 heterocycles. The normalized spacial score (nSPS) is 10.5. The number of furan rings is 1. The third kappa shape index (κ3) is 3.97. The fraction of sp³-hybridized carbons (Fsp3) is 0.158. The van der Waals surface area contributed by atoms with Crippen molar-refractivity contribution in [3.63, 3.8) is 0 Å². The van der Waals surface area contributed by atoms with Crippen LogP contribution in [0.3, 0.4) is 0 Å². The Balaban J connectivity index is 1.66. The molecule has 0 radical (unpaired) electrons. The predicted molar refractivity (Wildman–Crippen MR) is 98.0 cm³/mol. The summed E-state index contributed by atoms with van der Waals surface area (Å²) in [5.41, 5.74) is 2.26. The van der Waals surface area contributed by atoms with Crippen molar-refractivity contribution >= 4 is 28.2 Å². The van der Waals surface area contributed by atoms with Gasteiger partial charge in [0.15, 0.2) is 5.76 Å². The number of amides is 2. The van der Waals surface area contributed by atoms with E-state index >= 15 is 0 Å². The first-order valence-corrected chi connectivity index (χ1v) is 8.61. The van der Waals surface area contributed by atoms with E-state index in [1.165, 1.54) is 17.6 Å². The Morgan fingerprint density at radius 1 is 1.12 bits per heavy atom. The number of aryl methyl sites for hydroxylation is 1. The summed E-state index contributed by atoms with van der Waals surface area (Å²) in [6.45, 7) is 2.57. The van der Waals surface area contributed by atoms with Crippen molar-refractivity contribution in [1.29, 1.82) is 0 Å². The fourth-order valence-electron chi connectivity index (χ4n) is 2.40. The van der Waals surface area contributed by atoms with Crippen LogP contribution in [0.5, 0.6) is 0 Å². The topological polar surface area (TPSA) is 62.6 Å². The minimum Gasteiger partial charge on any atom is -0.459 e. The van der Waals surface area contributed by atoms with Crippen LogP contribution >= 0.6 is 11.3 Å². The van der Waals surface area contributed by atoms with Gasteiger partial charge in [-0.3, -0.25) is 9.59 Å². The van der Waals surface area contributed by atoms with Gasteiger partial charge in [0.25, 0.3) is 11.8 Å². The van der Waals surface area contributed by atoms with E-state index in [0.29, 0.717) is 16.4 Å². The second kappa shape index (κ2) is 7.36. The highest BCUT2D eigenvalue weighted by molar-refractivity contribution is 7.18. The molecule has 0 atom stereocenters. The molecule has 1 aromatic carbocycles. The lowest BCUT2D eigenvalue weighted by molar-refractivity contribution is 0.0789. The second-order valence-electron chi connectivity index (χ2n) is 5.68. The first-order chi connectivity index (χ1) is 12.0. The van der Waals surface area contributed by atoms with E-state index in [-0.39, 0.29) is 17.6 Å². The van der Waals surface area contributed by atoms with E-state index in [1.807, 2.05) is 31.2 Å². The zero-order valence-electron chi connectivity index (χ0n) is 14.0. The van der Waals surface area contributed by atoms with E-state index in [1.54, 1.807) is 36.2 Å². The summed E-state index contributed by atoms with van der Waals surface area (Å²) < 4.78 is 5.05. The molecule has 3 aromatic rings. The number of carbonyl (C=O) groups excluding carboxylic acids is 2. The van der Waals surface area contributed by atoms with Crippen molar-refractivity contribution in [1.82, 2.24) is 4.90 Å². The molecule has 0 unspecified atom stereocenters. The number of benzene rings is 1. The first kappa shape index (κ1) is 17.0. The van der Waals surface area contributed by atoms with Crippen molar-refractivity contribution in [2.45, 2.75) is 13.5 Å². The molecule has 0 aliphatic heterocycles. The third-order valence-corrected chi connectivity index (χ3v) is 4.80. The van der Waals surface area contributed by atoms with Crippen LogP contribution in [0.4, 0.5) is 5.00 Å². The number of nitrogens with one attached hydrogen (secondary N) is 1. The lowest BCUT2D eigenvalue weighted by atomic mass is 10.1. The SMILES string of the molecule is Cc1ccccc1CN(C)C(=O)c1ccc(NC(=O)c2ccco2)s1. The highest BCUT2D eigenvalue weighted by atomic mass is 32.1. The lowest BCUT2D eigenvalue weighted by Gasteiger charge is -2.17. The maximum absolute atomic E-state index is 12.6. The number of anilines is 1. The van der Waals surface area contributed by atoms with Crippen molar-refractivity contribution in [2.24, 2.45) is 0 Å². The van der Waals surface area contributed by atoms with Crippen LogP contribution in [0.25, 0.3) is 0 Å². The molecular formula is C19H18N2O3S. The second-order valence-corrected chi connectivity index (χ2v) is 6.77. The lowest BCUT2D eigenvalue weighted by Crippen LogP contribution is -2.25. The van der Waals surface area contributed by atoms with Crippen LogP contribution < -0.4 is 5.32 Å². The smallest absolute Gasteiger partial charge is 0.291 e. The zero-order chi connectivity index (χ0) is 17.8. The summed E-state index contributed by atoms with van der Waals surface area (Å²) in [6, 6.07) is 14.7. The summed E-state index contributed by atoms with van der Waals surface area (Å²) in [7, 11) is 1.77. The minimum absolute atomic E-state index is 0.0771. The fourth-order valence-corrected chi connectivity index (χ4v) is 3.30. The molecule has 0 bridgehead atoms. The van der Waals surface area contributed by atoms with Crippen LogP contribution in [0.15, 0.2) is 59.2 Å². The Hall–Kier alpha value is -2.86. The van der Waals surface area contributed by atoms with Crippen molar-refractivity contribution < 1.29 is 14.0 Å². The van der Waals surface area contributed by atoms with Crippen LogP contribution in [0.2, 0.25) is 0 Å². The molecule has 25 heavy (non-hydrogen) atoms. The Bertz CT molecular complexity index is 884. The molecule has 3 rings (SSSR count). The standard InChI is InChI=1S/C19H18N2O3S/c1-13-6-3-4-7-14(13)12-21(2)19(23)16-9-10-17(25-16)20-18(22)15-8-5-11-24-15/h3-11H,12H2,1-2H3,(H,20,22). The Morgan fingerprint density at radius 3 is 2.64 bits per heavy atom. The molecule has 128 valence electrons. The van der Waals surface area contributed by atoms with Gasteiger partial charge < -0.3 is 14.6 Å². The molecule has 0 saturated heterocycles. The molecule has 2 amide bonds. The Morgan fingerprint density at radius 2 is 1.92 bits per heavy atom. The number of thiophene rings is 1. The molecule has 0 saturated carbocycles. The van der Waals surface area contributed by atoms with Gasteiger partial charge >= 0.3 is 0 Å². The number of rotatable bonds is 5. The van der Waals surface area contributed by atoms with E-state index < -0.39 is 0 Å². The summed E-state index contributed by atoms with van der Waals surface area (Å²) in [6.07, 6.45) is 1.44. The van der Waals surface area contributed by atoms with E-state index in [2.05, 4.69) is 5.32 Å². The molecule has 0 aliphatic rings. The van der Waals surface area contributed by atoms with Gasteiger partial charge in [-0.25, -0.2) is 0 Å². The average Bonchev–Trinajstić information content (AvgIpc) is 3.28. The molecule has 5 nitrogen and oxygen atoms in total. The van der Waals surface area contributed by atoms with Gasteiger partial charge in [0.2, 0.25) is 0 Å². The van der Waals surface area contributed by atoms with Crippen molar-refractivity contribution in [2.75, 3.05) is 12.4 Å². The summed E-state index contributed by atoms with van der Waals surface area (Å²) in [5.74, 6) is -0.177. The van der Waals surface area contributed by atoms with E-state index in [9.17, 15) is 9.59 Å². The minimum atomic E-state index is -0.334. The zero-order valence-corrected chi connectivity index (χ0v) is 14.8. The van der Waals surface area contributed by atoms with Crippen molar-refractivity contribution in [3.05, 3.63) is 76.6 Å². The predicted octanol–water partition coefficient (Wildman–Crippen LogP) is 4.17. The molecule has 0 spiro atoms.